The van der Waals surface area contributed by atoms with E-state index in [1.807, 2.05) is 12.1 Å². The first-order valence-corrected chi connectivity index (χ1v) is 8.09. The Morgan fingerprint density at radius 3 is 2.76 bits per heavy atom. The minimum atomic E-state index is -0.0883. The van der Waals surface area contributed by atoms with E-state index < -0.39 is 0 Å². The Bertz CT molecular complexity index is 544. The van der Waals surface area contributed by atoms with Gasteiger partial charge in [0.15, 0.2) is 0 Å². The normalized spacial score (nSPS) is 40.7. The summed E-state index contributed by atoms with van der Waals surface area (Å²) in [6, 6.07) is 5.96. The molecule has 0 unspecified atom stereocenters. The summed E-state index contributed by atoms with van der Waals surface area (Å²) in [4.78, 5) is 0. The van der Waals surface area contributed by atoms with E-state index in [-0.39, 0.29) is 41.1 Å². The Kier molecular flexibility index (Phi) is 4.20. The molecule has 2 N–H and O–H groups in total. The number of aromatic hydroxyl groups is 1. The fourth-order valence-electron chi connectivity index (χ4n) is 5.54. The van der Waals surface area contributed by atoms with Crippen LogP contribution in [0.3, 0.4) is 0 Å². The molecule has 0 saturated heterocycles. The van der Waals surface area contributed by atoms with Crippen LogP contribution >= 0.6 is 0 Å². The van der Waals surface area contributed by atoms with E-state index in [1.165, 1.54) is 30.4 Å². The summed E-state index contributed by atoms with van der Waals surface area (Å²) in [7, 11) is 0. The van der Waals surface area contributed by atoms with Gasteiger partial charge in [-0.2, -0.15) is 0 Å². The maximum atomic E-state index is 10.4. The molecule has 2 fully saturated rings. The van der Waals surface area contributed by atoms with Crippen molar-refractivity contribution in [3.63, 3.8) is 0 Å². The molecule has 3 aliphatic rings. The number of hydrogen-bond donors (Lipinski definition) is 2. The Balaban J connectivity index is 0.00000132. The van der Waals surface area contributed by atoms with Crippen molar-refractivity contribution in [2.45, 2.75) is 57.5 Å². The molecule has 0 spiro atoms. The van der Waals surface area contributed by atoms with E-state index in [0.717, 1.165) is 25.2 Å². The quantitative estimate of drug-likeness (QED) is 0.723. The molecule has 110 valence electrons. The van der Waals surface area contributed by atoms with Crippen LogP contribution in [0, 0.1) is 17.3 Å². The minimum absolute atomic E-state index is 0. The zero-order valence-electron chi connectivity index (χ0n) is 12.2. The third kappa shape index (κ3) is 2.30. The third-order valence-corrected chi connectivity index (χ3v) is 6.66. The van der Waals surface area contributed by atoms with Crippen molar-refractivity contribution < 1.29 is 10.2 Å². The van der Waals surface area contributed by atoms with Crippen LogP contribution in [-0.4, -0.2) is 45.9 Å². The molecule has 0 aliphatic heterocycles. The van der Waals surface area contributed by atoms with E-state index in [2.05, 4.69) is 13.0 Å². The van der Waals surface area contributed by atoms with Gasteiger partial charge in [-0.1, -0.05) is 13.0 Å². The summed E-state index contributed by atoms with van der Waals surface area (Å²) >= 11 is 0. The number of aliphatic hydroxyl groups excluding tert-OH is 1. The summed E-state index contributed by atoms with van der Waals surface area (Å²) in [5.41, 5.74) is 2.99. The predicted octanol–water partition coefficient (Wildman–Crippen LogP) is 2.96. The van der Waals surface area contributed by atoms with Crippen molar-refractivity contribution in [2.24, 2.45) is 17.3 Å². The number of hydrogen-bond acceptors (Lipinski definition) is 2. The van der Waals surface area contributed by atoms with Gasteiger partial charge in [0.2, 0.25) is 0 Å². The molecule has 4 rings (SSSR count). The number of phenols is 1. The molecule has 1 aromatic carbocycles. The number of phenolic OH excluding ortho intramolecular Hbond substituents is 1. The molecule has 1 aromatic rings. The van der Waals surface area contributed by atoms with Gasteiger partial charge in [0.1, 0.15) is 5.75 Å². The fourth-order valence-corrected chi connectivity index (χ4v) is 5.54. The number of rotatable bonds is 0. The van der Waals surface area contributed by atoms with E-state index >= 15 is 0 Å². The monoisotopic (exact) mass is 296 g/mol. The second-order valence-corrected chi connectivity index (χ2v) is 7.44. The van der Waals surface area contributed by atoms with Gasteiger partial charge in [-0.25, -0.2) is 0 Å². The van der Waals surface area contributed by atoms with E-state index in [0.29, 0.717) is 17.6 Å². The number of benzene rings is 1. The Hall–Kier alpha value is -0.0200. The van der Waals surface area contributed by atoms with Crippen molar-refractivity contribution in [2.75, 3.05) is 0 Å². The number of aliphatic hydroxyl groups is 1. The predicted molar refractivity (Wildman–Crippen MR) is 85.9 cm³/mol. The standard InChI is InChI=1S/C18H24O2.Na.H/c1-18-9-8-14-13-5-3-12(19)10-11(13)2-4-15(14)16(18)6-7-17(18)20;;/h3,5,10,14-17,19-20H,2,4,6-9H2,1H3;;/t14-,15-,16+,17-,18+;;/m1../s1. The van der Waals surface area contributed by atoms with Gasteiger partial charge < -0.3 is 10.2 Å². The van der Waals surface area contributed by atoms with E-state index in [9.17, 15) is 10.2 Å². The van der Waals surface area contributed by atoms with Crippen molar-refractivity contribution >= 4 is 29.6 Å². The molecule has 3 aliphatic carbocycles. The van der Waals surface area contributed by atoms with Crippen molar-refractivity contribution in [3.8, 4) is 5.75 Å². The fraction of sp³-hybridized carbons (Fsp3) is 0.667. The van der Waals surface area contributed by atoms with Crippen LogP contribution in [0.5, 0.6) is 5.75 Å². The zero-order chi connectivity index (χ0) is 13.9. The van der Waals surface area contributed by atoms with Gasteiger partial charge in [0, 0.05) is 0 Å². The van der Waals surface area contributed by atoms with Crippen LogP contribution in [0.1, 0.15) is 56.1 Å². The summed E-state index contributed by atoms with van der Waals surface area (Å²) in [5, 5.41) is 20.0. The van der Waals surface area contributed by atoms with Crippen LogP contribution in [0.25, 0.3) is 0 Å². The molecular formula is C18H25NaO2. The molecule has 0 heterocycles. The summed E-state index contributed by atoms with van der Waals surface area (Å²) in [6.45, 7) is 2.32. The van der Waals surface area contributed by atoms with Crippen LogP contribution < -0.4 is 0 Å². The van der Waals surface area contributed by atoms with Gasteiger partial charge in [0.25, 0.3) is 0 Å². The summed E-state index contributed by atoms with van der Waals surface area (Å²) in [5.74, 6) is 2.49. The molecule has 0 aromatic heterocycles. The molecule has 5 atom stereocenters. The Morgan fingerprint density at radius 2 is 1.95 bits per heavy atom. The molecular weight excluding hydrogens is 271 g/mol. The number of aryl methyl sites for hydroxylation is 1. The summed E-state index contributed by atoms with van der Waals surface area (Å²) < 4.78 is 0. The van der Waals surface area contributed by atoms with Gasteiger partial charge >= 0.3 is 29.6 Å². The van der Waals surface area contributed by atoms with Crippen molar-refractivity contribution in [3.05, 3.63) is 29.3 Å². The molecule has 0 radical (unpaired) electrons. The third-order valence-electron chi connectivity index (χ3n) is 6.66. The van der Waals surface area contributed by atoms with Crippen LogP contribution in [-0.2, 0) is 6.42 Å². The molecule has 0 amide bonds. The Labute approximate surface area is 149 Å². The zero-order valence-corrected chi connectivity index (χ0v) is 12.2. The van der Waals surface area contributed by atoms with Crippen LogP contribution in [0.2, 0.25) is 0 Å². The van der Waals surface area contributed by atoms with Gasteiger partial charge in [-0.15, -0.1) is 0 Å². The molecule has 21 heavy (non-hydrogen) atoms. The molecule has 3 heteroatoms. The van der Waals surface area contributed by atoms with E-state index in [1.54, 1.807) is 0 Å². The van der Waals surface area contributed by atoms with Gasteiger partial charge in [0.05, 0.1) is 6.10 Å². The van der Waals surface area contributed by atoms with Crippen LogP contribution in [0.4, 0.5) is 0 Å². The van der Waals surface area contributed by atoms with Crippen molar-refractivity contribution in [1.82, 2.24) is 0 Å². The van der Waals surface area contributed by atoms with Gasteiger partial charge in [-0.05, 0) is 85.0 Å². The second-order valence-electron chi connectivity index (χ2n) is 7.44. The van der Waals surface area contributed by atoms with Crippen LogP contribution in [0.15, 0.2) is 18.2 Å². The maximum absolute atomic E-state index is 10.4. The Morgan fingerprint density at radius 1 is 1.14 bits per heavy atom. The first-order valence-electron chi connectivity index (χ1n) is 8.09. The van der Waals surface area contributed by atoms with Crippen molar-refractivity contribution in [1.29, 1.82) is 0 Å². The topological polar surface area (TPSA) is 40.5 Å². The molecule has 2 nitrogen and oxygen atoms in total. The summed E-state index contributed by atoms with van der Waals surface area (Å²) in [6.07, 6.45) is 6.78. The van der Waals surface area contributed by atoms with Gasteiger partial charge in [-0.3, -0.25) is 0 Å². The molecule has 2 saturated carbocycles. The second kappa shape index (κ2) is 5.56. The number of fused-ring (bicyclic) bond motifs is 5. The average molecular weight is 296 g/mol. The van der Waals surface area contributed by atoms with E-state index in [4.69, 9.17) is 0 Å². The first-order chi connectivity index (χ1) is 9.59. The first kappa shape index (κ1) is 15.9. The average Bonchev–Trinajstić information content (AvgIpc) is 2.74. The molecule has 0 bridgehead atoms. The SMILES string of the molecule is C[C@]12CC[C@@H]3c4ccc(O)cc4CC[C@H]3[C@@H]1CC[C@H]2O.[NaH].